The number of ether oxygens (including phenoxy) is 1. The van der Waals surface area contributed by atoms with Crippen LogP contribution in [0.2, 0.25) is 0 Å². The summed E-state index contributed by atoms with van der Waals surface area (Å²) in [5.74, 6) is -0.191. The Balaban J connectivity index is 2.78. The number of rotatable bonds is 9. The van der Waals surface area contributed by atoms with Crippen LogP contribution in [0.4, 0.5) is 5.69 Å². The number of benzene rings is 1. The van der Waals surface area contributed by atoms with E-state index in [1.165, 1.54) is 6.07 Å². The maximum absolute atomic E-state index is 11.4. The molecule has 0 aliphatic heterocycles. The van der Waals surface area contributed by atoms with E-state index in [1.807, 2.05) is 0 Å². The molecule has 21 heavy (non-hydrogen) atoms. The molecule has 0 atom stereocenters. The fourth-order valence-corrected chi connectivity index (χ4v) is 1.74. The van der Waals surface area contributed by atoms with Crippen LogP contribution in [0.1, 0.15) is 25.8 Å². The second kappa shape index (κ2) is 8.91. The molecule has 116 valence electrons. The minimum absolute atomic E-state index is 0.113. The lowest BCUT2D eigenvalue weighted by Crippen LogP contribution is -2.28. The van der Waals surface area contributed by atoms with Crippen LogP contribution < -0.4 is 15.4 Å². The van der Waals surface area contributed by atoms with Gasteiger partial charge in [0.1, 0.15) is 0 Å². The molecular weight excluding hydrogens is 274 g/mol. The Kier molecular flexibility index (Phi) is 7.17. The largest absolute Gasteiger partial charge is 0.477 e. The molecule has 1 aromatic carbocycles. The topological polar surface area (TPSA) is 93.5 Å². The zero-order valence-electron chi connectivity index (χ0n) is 12.3. The fraction of sp³-hybridized carbons (Fsp3) is 0.500. The Hall–Kier alpha value is -2.15. The molecule has 1 amide bonds. The number of carbonyl (C=O) groups excluding carboxylic acids is 1. The van der Waals surface area contributed by atoms with Gasteiger partial charge in [-0.3, -0.25) is 14.9 Å². The smallest absolute Gasteiger partial charge is 0.310 e. The summed E-state index contributed by atoms with van der Waals surface area (Å²) in [5, 5.41) is 16.8. The van der Waals surface area contributed by atoms with Crippen molar-refractivity contribution in [2.45, 2.75) is 26.8 Å². The molecule has 2 N–H and O–H groups in total. The maximum Gasteiger partial charge on any atom is 0.310 e. The molecule has 1 aromatic rings. The zero-order valence-corrected chi connectivity index (χ0v) is 12.3. The first-order chi connectivity index (χ1) is 10.1. The lowest BCUT2D eigenvalue weighted by atomic mass is 10.2. The SMILES string of the molecule is CCCNCc1ccc([N+](=O)[O-])c(OCC(=O)NCC)c1. The molecule has 0 heterocycles. The molecule has 1 rings (SSSR count). The molecule has 0 radical (unpaired) electrons. The van der Waals surface area contributed by atoms with Gasteiger partial charge in [-0.25, -0.2) is 0 Å². The van der Waals surface area contributed by atoms with E-state index in [0.29, 0.717) is 13.1 Å². The number of nitrogens with one attached hydrogen (secondary N) is 2. The standard InChI is InChI=1S/C14H21N3O4/c1-3-7-15-9-11-5-6-12(17(19)20)13(8-11)21-10-14(18)16-4-2/h5-6,8,15H,3-4,7,9-10H2,1-2H3,(H,16,18). The van der Waals surface area contributed by atoms with Crippen molar-refractivity contribution >= 4 is 11.6 Å². The van der Waals surface area contributed by atoms with Gasteiger partial charge in [0.2, 0.25) is 0 Å². The summed E-state index contributed by atoms with van der Waals surface area (Å²) >= 11 is 0. The Morgan fingerprint density at radius 2 is 2.14 bits per heavy atom. The first kappa shape index (κ1) is 16.9. The van der Waals surface area contributed by atoms with Crippen LogP contribution in [-0.2, 0) is 11.3 Å². The highest BCUT2D eigenvalue weighted by molar-refractivity contribution is 5.77. The Bertz CT molecular complexity index is 491. The summed E-state index contributed by atoms with van der Waals surface area (Å²) < 4.78 is 5.28. The van der Waals surface area contributed by atoms with Crippen LogP contribution in [0, 0.1) is 10.1 Å². The molecule has 0 aliphatic rings. The first-order valence-corrected chi connectivity index (χ1v) is 6.96. The van der Waals surface area contributed by atoms with Gasteiger partial charge in [0.05, 0.1) is 4.92 Å². The van der Waals surface area contributed by atoms with E-state index >= 15 is 0 Å². The predicted molar refractivity (Wildman–Crippen MR) is 79.3 cm³/mol. The average Bonchev–Trinajstić information content (AvgIpc) is 2.45. The van der Waals surface area contributed by atoms with Gasteiger partial charge in [-0.2, -0.15) is 0 Å². The Labute approximate surface area is 123 Å². The normalized spacial score (nSPS) is 10.2. The summed E-state index contributed by atoms with van der Waals surface area (Å²) in [6, 6.07) is 4.68. The molecule has 0 spiro atoms. The van der Waals surface area contributed by atoms with Gasteiger partial charge in [0, 0.05) is 19.2 Å². The second-order valence-electron chi connectivity index (χ2n) is 4.48. The predicted octanol–water partition coefficient (Wildman–Crippen LogP) is 1.61. The van der Waals surface area contributed by atoms with E-state index in [0.717, 1.165) is 18.5 Å². The van der Waals surface area contributed by atoms with Crippen molar-refractivity contribution in [1.82, 2.24) is 10.6 Å². The number of hydrogen-bond donors (Lipinski definition) is 2. The number of amides is 1. The lowest BCUT2D eigenvalue weighted by Gasteiger charge is -2.09. The number of hydrogen-bond acceptors (Lipinski definition) is 5. The third-order valence-corrected chi connectivity index (χ3v) is 2.71. The summed E-state index contributed by atoms with van der Waals surface area (Å²) in [7, 11) is 0. The zero-order chi connectivity index (χ0) is 15.7. The number of nitrogens with zero attached hydrogens (tertiary/aromatic N) is 1. The minimum atomic E-state index is -0.518. The maximum atomic E-state index is 11.4. The molecule has 7 heteroatoms. The van der Waals surface area contributed by atoms with Crippen LogP contribution in [0.3, 0.4) is 0 Å². The quantitative estimate of drug-likeness (QED) is 0.410. The van der Waals surface area contributed by atoms with Crippen molar-refractivity contribution < 1.29 is 14.5 Å². The molecule has 0 saturated heterocycles. The fourth-order valence-electron chi connectivity index (χ4n) is 1.74. The van der Waals surface area contributed by atoms with E-state index in [2.05, 4.69) is 17.6 Å². The lowest BCUT2D eigenvalue weighted by molar-refractivity contribution is -0.385. The highest BCUT2D eigenvalue weighted by atomic mass is 16.6. The first-order valence-electron chi connectivity index (χ1n) is 6.96. The highest BCUT2D eigenvalue weighted by Crippen LogP contribution is 2.27. The average molecular weight is 295 g/mol. The van der Waals surface area contributed by atoms with Gasteiger partial charge >= 0.3 is 5.69 Å². The van der Waals surface area contributed by atoms with Gasteiger partial charge in [-0.05, 0) is 31.5 Å². The van der Waals surface area contributed by atoms with Gasteiger partial charge in [-0.15, -0.1) is 0 Å². The third kappa shape index (κ3) is 5.78. The Morgan fingerprint density at radius 1 is 1.38 bits per heavy atom. The van der Waals surface area contributed by atoms with Crippen molar-refractivity contribution in [3.8, 4) is 5.75 Å². The minimum Gasteiger partial charge on any atom is -0.477 e. The van der Waals surface area contributed by atoms with E-state index in [9.17, 15) is 14.9 Å². The molecule has 0 fully saturated rings. The second-order valence-corrected chi connectivity index (χ2v) is 4.48. The molecule has 0 saturated carbocycles. The number of carbonyl (C=O) groups is 1. The van der Waals surface area contributed by atoms with Crippen molar-refractivity contribution in [3.63, 3.8) is 0 Å². The molecule has 7 nitrogen and oxygen atoms in total. The summed E-state index contributed by atoms with van der Waals surface area (Å²) in [6.45, 7) is 5.57. The summed E-state index contributed by atoms with van der Waals surface area (Å²) in [4.78, 5) is 21.8. The van der Waals surface area contributed by atoms with Gasteiger partial charge in [0.25, 0.3) is 5.91 Å². The number of likely N-dealkylation sites (N-methyl/N-ethyl adjacent to an activating group) is 1. The Morgan fingerprint density at radius 3 is 2.76 bits per heavy atom. The van der Waals surface area contributed by atoms with Crippen molar-refractivity contribution in [2.75, 3.05) is 19.7 Å². The molecule has 0 aliphatic carbocycles. The van der Waals surface area contributed by atoms with Crippen LogP contribution in [0.25, 0.3) is 0 Å². The van der Waals surface area contributed by atoms with Crippen molar-refractivity contribution in [2.24, 2.45) is 0 Å². The summed E-state index contributed by atoms with van der Waals surface area (Å²) in [6.07, 6.45) is 1.01. The van der Waals surface area contributed by atoms with Crippen LogP contribution in [-0.4, -0.2) is 30.5 Å². The van der Waals surface area contributed by atoms with Crippen LogP contribution in [0.5, 0.6) is 5.75 Å². The van der Waals surface area contributed by atoms with E-state index in [1.54, 1.807) is 19.1 Å². The van der Waals surface area contributed by atoms with Crippen LogP contribution in [0.15, 0.2) is 18.2 Å². The monoisotopic (exact) mass is 295 g/mol. The van der Waals surface area contributed by atoms with Gasteiger partial charge in [0.15, 0.2) is 12.4 Å². The molecule has 0 bridgehead atoms. The van der Waals surface area contributed by atoms with Gasteiger partial charge in [-0.1, -0.05) is 13.0 Å². The van der Waals surface area contributed by atoms with Crippen molar-refractivity contribution in [3.05, 3.63) is 33.9 Å². The highest BCUT2D eigenvalue weighted by Gasteiger charge is 2.16. The molecular formula is C14H21N3O4. The number of nitro groups is 1. The number of nitro benzene ring substituents is 1. The van der Waals surface area contributed by atoms with E-state index < -0.39 is 4.92 Å². The van der Waals surface area contributed by atoms with Crippen molar-refractivity contribution in [1.29, 1.82) is 0 Å². The van der Waals surface area contributed by atoms with Crippen LogP contribution >= 0.6 is 0 Å². The molecule has 0 aromatic heterocycles. The summed E-state index contributed by atoms with van der Waals surface area (Å²) in [5.41, 5.74) is 0.735. The van der Waals surface area contributed by atoms with E-state index in [-0.39, 0.29) is 24.0 Å². The van der Waals surface area contributed by atoms with Gasteiger partial charge < -0.3 is 15.4 Å². The third-order valence-electron chi connectivity index (χ3n) is 2.71. The molecule has 0 unspecified atom stereocenters. The van der Waals surface area contributed by atoms with E-state index in [4.69, 9.17) is 4.74 Å².